The molecule has 2 amide bonds. The number of hydrogen-bond acceptors (Lipinski definition) is 4. The van der Waals surface area contributed by atoms with E-state index in [9.17, 15) is 14.4 Å². The van der Waals surface area contributed by atoms with Gasteiger partial charge in [0, 0.05) is 18.8 Å². The number of carbonyl (C=O) groups is 2. The number of benzene rings is 1. The highest BCUT2D eigenvalue weighted by Crippen LogP contribution is 2.17. The summed E-state index contributed by atoms with van der Waals surface area (Å²) in [5.41, 5.74) is 6.03. The third kappa shape index (κ3) is 1.89. The van der Waals surface area contributed by atoms with Crippen molar-refractivity contribution in [2.75, 3.05) is 5.32 Å². The Morgan fingerprint density at radius 2 is 2.12 bits per heavy atom. The van der Waals surface area contributed by atoms with Crippen LogP contribution in [0.5, 0.6) is 0 Å². The van der Waals surface area contributed by atoms with E-state index in [0.717, 1.165) is 0 Å². The van der Waals surface area contributed by atoms with E-state index in [1.54, 1.807) is 13.1 Å². The van der Waals surface area contributed by atoms with Crippen LogP contribution in [-0.4, -0.2) is 16.4 Å². The largest absolute Gasteiger partial charge is 0.419 e. The van der Waals surface area contributed by atoms with Crippen LogP contribution in [0.3, 0.4) is 0 Å². The van der Waals surface area contributed by atoms with Crippen LogP contribution in [0.15, 0.2) is 27.4 Å². The normalized spacial score (nSPS) is 10.4. The number of oxazole rings is 1. The highest BCUT2D eigenvalue weighted by Gasteiger charge is 2.11. The number of amides is 2. The predicted molar refractivity (Wildman–Crippen MR) is 59.3 cm³/mol. The number of hydrogen-bond donors (Lipinski definition) is 2. The van der Waals surface area contributed by atoms with Crippen molar-refractivity contribution in [2.24, 2.45) is 12.8 Å². The van der Waals surface area contributed by atoms with E-state index in [0.29, 0.717) is 16.8 Å². The Labute approximate surface area is 94.8 Å². The lowest BCUT2D eigenvalue weighted by Gasteiger charge is -2.01. The van der Waals surface area contributed by atoms with Gasteiger partial charge in [0.2, 0.25) is 0 Å². The van der Waals surface area contributed by atoms with Crippen molar-refractivity contribution in [3.63, 3.8) is 0 Å². The van der Waals surface area contributed by atoms with Crippen LogP contribution in [0.25, 0.3) is 11.1 Å². The first-order chi connectivity index (χ1) is 7.99. The molecule has 0 atom stereocenters. The van der Waals surface area contributed by atoms with E-state index in [4.69, 9.17) is 10.2 Å². The molecule has 2 aromatic rings. The van der Waals surface area contributed by atoms with Crippen molar-refractivity contribution in [3.05, 3.63) is 28.7 Å². The summed E-state index contributed by atoms with van der Waals surface area (Å²) in [4.78, 5) is 32.8. The Morgan fingerprint density at radius 1 is 1.41 bits per heavy atom. The van der Waals surface area contributed by atoms with Crippen LogP contribution in [0, 0.1) is 0 Å². The molecule has 2 rings (SSSR count). The SMILES string of the molecule is Cn1c(=O)oc2cc(NC(=O)C(N)=O)ccc21. The summed E-state index contributed by atoms with van der Waals surface area (Å²) in [6, 6.07) is 4.58. The number of nitrogens with one attached hydrogen (secondary N) is 1. The highest BCUT2D eigenvalue weighted by atomic mass is 16.4. The fourth-order valence-corrected chi connectivity index (χ4v) is 1.40. The summed E-state index contributed by atoms with van der Waals surface area (Å²) >= 11 is 0. The quantitative estimate of drug-likeness (QED) is 0.653. The summed E-state index contributed by atoms with van der Waals surface area (Å²) in [5, 5.41) is 2.28. The van der Waals surface area contributed by atoms with Gasteiger partial charge in [-0.15, -0.1) is 0 Å². The fraction of sp³-hybridized carbons (Fsp3) is 0.100. The minimum Gasteiger partial charge on any atom is -0.408 e. The number of nitrogens with zero attached hydrogens (tertiary/aromatic N) is 1. The summed E-state index contributed by atoms with van der Waals surface area (Å²) in [7, 11) is 1.57. The summed E-state index contributed by atoms with van der Waals surface area (Å²) in [5.74, 6) is -2.51. The van der Waals surface area contributed by atoms with Crippen LogP contribution in [-0.2, 0) is 16.6 Å². The molecule has 17 heavy (non-hydrogen) atoms. The molecular weight excluding hydrogens is 226 g/mol. The molecule has 0 aliphatic heterocycles. The Kier molecular flexibility index (Phi) is 2.43. The third-order valence-electron chi connectivity index (χ3n) is 2.27. The first-order valence-electron chi connectivity index (χ1n) is 4.69. The van der Waals surface area contributed by atoms with E-state index in [1.807, 2.05) is 0 Å². The van der Waals surface area contributed by atoms with E-state index in [2.05, 4.69) is 5.32 Å². The van der Waals surface area contributed by atoms with Crippen molar-refractivity contribution in [1.82, 2.24) is 4.57 Å². The molecule has 3 N–H and O–H groups in total. The second-order valence-electron chi connectivity index (χ2n) is 3.43. The van der Waals surface area contributed by atoms with Gasteiger partial charge in [-0.1, -0.05) is 0 Å². The molecule has 0 fully saturated rings. The lowest BCUT2D eigenvalue weighted by atomic mass is 10.3. The number of aromatic nitrogens is 1. The Hall–Kier alpha value is -2.57. The average Bonchev–Trinajstić information content (AvgIpc) is 2.54. The van der Waals surface area contributed by atoms with Crippen molar-refractivity contribution in [2.45, 2.75) is 0 Å². The number of nitrogens with two attached hydrogens (primary N) is 1. The molecule has 1 heterocycles. The monoisotopic (exact) mass is 235 g/mol. The number of primary amides is 1. The Morgan fingerprint density at radius 3 is 2.76 bits per heavy atom. The number of anilines is 1. The van der Waals surface area contributed by atoms with E-state index >= 15 is 0 Å². The van der Waals surface area contributed by atoms with Gasteiger partial charge in [-0.3, -0.25) is 14.2 Å². The Bertz CT molecular complexity index is 668. The first kappa shape index (κ1) is 10.9. The molecule has 1 aromatic heterocycles. The molecule has 0 saturated heterocycles. The molecule has 0 saturated carbocycles. The number of fused-ring (bicyclic) bond motifs is 1. The van der Waals surface area contributed by atoms with Crippen molar-refractivity contribution < 1.29 is 14.0 Å². The van der Waals surface area contributed by atoms with Gasteiger partial charge in [0.05, 0.1) is 5.52 Å². The molecular formula is C10H9N3O4. The van der Waals surface area contributed by atoms with Crippen LogP contribution in [0.2, 0.25) is 0 Å². The Balaban J connectivity index is 2.42. The average molecular weight is 235 g/mol. The topological polar surface area (TPSA) is 107 Å². The van der Waals surface area contributed by atoms with E-state index in [1.165, 1.54) is 16.7 Å². The zero-order valence-corrected chi connectivity index (χ0v) is 8.89. The van der Waals surface area contributed by atoms with Gasteiger partial charge in [0.25, 0.3) is 0 Å². The van der Waals surface area contributed by atoms with Gasteiger partial charge in [-0.25, -0.2) is 4.79 Å². The summed E-state index contributed by atoms with van der Waals surface area (Å²) in [6.45, 7) is 0. The van der Waals surface area contributed by atoms with Crippen molar-refractivity contribution >= 4 is 28.6 Å². The summed E-state index contributed by atoms with van der Waals surface area (Å²) in [6.07, 6.45) is 0. The highest BCUT2D eigenvalue weighted by molar-refractivity contribution is 6.39. The van der Waals surface area contributed by atoms with Gasteiger partial charge in [-0.2, -0.15) is 0 Å². The maximum Gasteiger partial charge on any atom is 0.419 e. The van der Waals surface area contributed by atoms with Crippen molar-refractivity contribution in [1.29, 1.82) is 0 Å². The van der Waals surface area contributed by atoms with Gasteiger partial charge >= 0.3 is 17.6 Å². The zero-order valence-electron chi connectivity index (χ0n) is 8.89. The number of aryl methyl sites for hydroxylation is 1. The molecule has 1 aromatic carbocycles. The maximum atomic E-state index is 11.2. The van der Waals surface area contributed by atoms with Gasteiger partial charge in [-0.05, 0) is 12.1 Å². The molecule has 0 aliphatic carbocycles. The molecule has 0 radical (unpaired) electrons. The minimum absolute atomic E-state index is 0.319. The summed E-state index contributed by atoms with van der Waals surface area (Å²) < 4.78 is 6.25. The second kappa shape index (κ2) is 3.78. The molecule has 0 aliphatic rings. The zero-order chi connectivity index (χ0) is 12.6. The maximum absolute atomic E-state index is 11.2. The number of carbonyl (C=O) groups excluding carboxylic acids is 2. The van der Waals surface area contributed by atoms with Gasteiger partial charge < -0.3 is 15.5 Å². The minimum atomic E-state index is -1.08. The molecule has 0 bridgehead atoms. The standard InChI is InChI=1S/C10H9N3O4/c1-13-6-3-2-5(12-9(15)8(11)14)4-7(6)17-10(13)16/h2-4H,1H3,(H2,11,14)(H,12,15). The lowest BCUT2D eigenvalue weighted by Crippen LogP contribution is -2.29. The first-order valence-corrected chi connectivity index (χ1v) is 4.69. The van der Waals surface area contributed by atoms with Crippen LogP contribution in [0.1, 0.15) is 0 Å². The molecule has 0 spiro atoms. The van der Waals surface area contributed by atoms with E-state index in [-0.39, 0.29) is 0 Å². The van der Waals surface area contributed by atoms with Gasteiger partial charge in [0.15, 0.2) is 5.58 Å². The molecule has 88 valence electrons. The smallest absolute Gasteiger partial charge is 0.408 e. The second-order valence-corrected chi connectivity index (χ2v) is 3.43. The third-order valence-corrected chi connectivity index (χ3v) is 2.27. The predicted octanol–water partition coefficient (Wildman–Crippen LogP) is -0.445. The number of rotatable bonds is 1. The van der Waals surface area contributed by atoms with E-state index < -0.39 is 17.6 Å². The molecule has 7 heteroatoms. The molecule has 0 unspecified atom stereocenters. The van der Waals surface area contributed by atoms with Gasteiger partial charge in [0.1, 0.15) is 0 Å². The van der Waals surface area contributed by atoms with Crippen LogP contribution in [0.4, 0.5) is 5.69 Å². The fourth-order valence-electron chi connectivity index (χ4n) is 1.40. The lowest BCUT2D eigenvalue weighted by molar-refractivity contribution is -0.134. The van der Waals surface area contributed by atoms with Crippen LogP contribution >= 0.6 is 0 Å². The molecule has 7 nitrogen and oxygen atoms in total. The van der Waals surface area contributed by atoms with Crippen LogP contribution < -0.4 is 16.8 Å². The van der Waals surface area contributed by atoms with Crippen molar-refractivity contribution in [3.8, 4) is 0 Å².